The fourth-order valence-corrected chi connectivity index (χ4v) is 2.34. The van der Waals surface area contributed by atoms with E-state index in [9.17, 15) is 19.7 Å². The predicted molar refractivity (Wildman–Crippen MR) is 96.4 cm³/mol. The van der Waals surface area contributed by atoms with Crippen molar-refractivity contribution in [1.29, 1.82) is 0 Å². The summed E-state index contributed by atoms with van der Waals surface area (Å²) in [7, 11) is 0. The van der Waals surface area contributed by atoms with Gasteiger partial charge >= 0.3 is 16.9 Å². The van der Waals surface area contributed by atoms with Crippen molar-refractivity contribution >= 4 is 17.8 Å². The molecule has 0 amide bonds. The van der Waals surface area contributed by atoms with Crippen LogP contribution < -0.4 is 16.6 Å². The van der Waals surface area contributed by atoms with E-state index in [0.717, 1.165) is 5.56 Å². The standard InChI is InChI=1S/C12H9N3O4.C5H11N/c16-11-10(15(18)19)9(13-12(17)14-11)7-6-8-4-2-1-3-5-8;1-2-4-6-5-3-1/h1-7H,(H2,13,14,16,17);6H,1-5H2. The zero-order valence-electron chi connectivity index (χ0n) is 13.7. The average Bonchev–Trinajstić information content (AvgIpc) is 2.62. The van der Waals surface area contributed by atoms with Crippen LogP contribution in [0.25, 0.3) is 12.2 Å². The number of rotatable bonds is 3. The summed E-state index contributed by atoms with van der Waals surface area (Å²) in [5, 5.41) is 14.1. The molecule has 25 heavy (non-hydrogen) atoms. The second kappa shape index (κ2) is 9.33. The molecule has 8 nitrogen and oxygen atoms in total. The monoisotopic (exact) mass is 344 g/mol. The van der Waals surface area contributed by atoms with E-state index < -0.39 is 21.9 Å². The lowest BCUT2D eigenvalue weighted by molar-refractivity contribution is -0.386. The predicted octanol–water partition coefficient (Wildman–Crippen LogP) is 1.90. The molecule has 2 aromatic rings. The van der Waals surface area contributed by atoms with Gasteiger partial charge in [0, 0.05) is 0 Å². The van der Waals surface area contributed by atoms with Gasteiger partial charge in [0.05, 0.1) is 4.92 Å². The number of hydrogen-bond donors (Lipinski definition) is 3. The molecule has 1 saturated heterocycles. The Hall–Kier alpha value is -3.00. The quantitative estimate of drug-likeness (QED) is 0.580. The van der Waals surface area contributed by atoms with Crippen molar-refractivity contribution in [3.8, 4) is 0 Å². The molecule has 2 heterocycles. The second-order valence-corrected chi connectivity index (χ2v) is 5.48. The maximum absolute atomic E-state index is 11.4. The molecule has 0 unspecified atom stereocenters. The summed E-state index contributed by atoms with van der Waals surface area (Å²) in [6.45, 7) is 2.50. The van der Waals surface area contributed by atoms with E-state index >= 15 is 0 Å². The zero-order valence-corrected chi connectivity index (χ0v) is 13.7. The van der Waals surface area contributed by atoms with E-state index in [2.05, 4.69) is 10.3 Å². The number of nitro groups is 1. The average molecular weight is 344 g/mol. The van der Waals surface area contributed by atoms with Crippen molar-refractivity contribution in [2.45, 2.75) is 19.3 Å². The third-order valence-corrected chi connectivity index (χ3v) is 3.58. The van der Waals surface area contributed by atoms with Crippen LogP contribution in [0, 0.1) is 10.1 Å². The topological polar surface area (TPSA) is 121 Å². The van der Waals surface area contributed by atoms with E-state index in [4.69, 9.17) is 0 Å². The van der Waals surface area contributed by atoms with Gasteiger partial charge in [-0.2, -0.15) is 0 Å². The van der Waals surface area contributed by atoms with E-state index in [1.165, 1.54) is 38.4 Å². The summed E-state index contributed by atoms with van der Waals surface area (Å²) in [6, 6.07) is 9.00. The summed E-state index contributed by atoms with van der Waals surface area (Å²) >= 11 is 0. The Balaban J connectivity index is 0.000000316. The molecule has 132 valence electrons. The van der Waals surface area contributed by atoms with Gasteiger partial charge in [0.2, 0.25) is 0 Å². The molecule has 1 aromatic heterocycles. The molecule has 0 aliphatic carbocycles. The van der Waals surface area contributed by atoms with Gasteiger partial charge in [-0.1, -0.05) is 42.8 Å². The molecule has 1 aliphatic rings. The van der Waals surface area contributed by atoms with E-state index in [1.807, 2.05) is 11.1 Å². The highest BCUT2D eigenvalue weighted by Crippen LogP contribution is 2.12. The first-order valence-corrected chi connectivity index (χ1v) is 8.03. The maximum atomic E-state index is 11.4. The number of nitrogens with zero attached hydrogens (tertiary/aromatic N) is 1. The lowest BCUT2D eigenvalue weighted by atomic mass is 10.2. The van der Waals surface area contributed by atoms with Gasteiger partial charge in [-0.25, -0.2) is 4.79 Å². The highest BCUT2D eigenvalue weighted by molar-refractivity contribution is 5.71. The van der Waals surface area contributed by atoms with Crippen molar-refractivity contribution in [3.63, 3.8) is 0 Å². The van der Waals surface area contributed by atoms with Crippen molar-refractivity contribution in [1.82, 2.24) is 15.3 Å². The van der Waals surface area contributed by atoms with Gasteiger partial charge in [-0.15, -0.1) is 0 Å². The van der Waals surface area contributed by atoms with Crippen LogP contribution in [0.2, 0.25) is 0 Å². The van der Waals surface area contributed by atoms with Gasteiger partial charge in [-0.3, -0.25) is 19.9 Å². The molecular weight excluding hydrogens is 324 g/mol. The molecule has 0 saturated carbocycles. The number of benzene rings is 1. The molecule has 0 atom stereocenters. The van der Waals surface area contributed by atoms with Crippen molar-refractivity contribution in [2.75, 3.05) is 13.1 Å². The molecule has 1 aromatic carbocycles. The van der Waals surface area contributed by atoms with Crippen LogP contribution in [0.4, 0.5) is 5.69 Å². The van der Waals surface area contributed by atoms with Gasteiger partial charge in [0.1, 0.15) is 5.69 Å². The lowest BCUT2D eigenvalue weighted by Gasteiger charge is -2.08. The van der Waals surface area contributed by atoms with E-state index in [-0.39, 0.29) is 5.69 Å². The van der Waals surface area contributed by atoms with Crippen LogP contribution in [-0.2, 0) is 0 Å². The van der Waals surface area contributed by atoms with Crippen LogP contribution in [0.1, 0.15) is 30.5 Å². The van der Waals surface area contributed by atoms with Crippen molar-refractivity contribution < 1.29 is 4.92 Å². The zero-order chi connectivity index (χ0) is 18.1. The Labute approximate surface area is 143 Å². The molecule has 0 radical (unpaired) electrons. The number of aromatic amines is 2. The summed E-state index contributed by atoms with van der Waals surface area (Å²) in [5.74, 6) is 0. The largest absolute Gasteiger partial charge is 0.357 e. The Kier molecular flexibility index (Phi) is 6.85. The molecular formula is C17H20N4O4. The number of piperidine rings is 1. The smallest absolute Gasteiger partial charge is 0.317 e. The third kappa shape index (κ3) is 5.85. The Morgan fingerprint density at radius 2 is 1.64 bits per heavy atom. The van der Waals surface area contributed by atoms with Gasteiger partial charge in [0.25, 0.3) is 0 Å². The summed E-state index contributed by atoms with van der Waals surface area (Å²) in [6.07, 6.45) is 7.11. The molecule has 1 fully saturated rings. The first-order chi connectivity index (χ1) is 12.1. The number of aromatic nitrogens is 2. The Morgan fingerprint density at radius 3 is 2.16 bits per heavy atom. The highest BCUT2D eigenvalue weighted by atomic mass is 16.6. The van der Waals surface area contributed by atoms with Crippen LogP contribution in [0.5, 0.6) is 0 Å². The summed E-state index contributed by atoms with van der Waals surface area (Å²) in [5.41, 5.74) is -1.85. The molecule has 3 rings (SSSR count). The number of H-pyrrole nitrogens is 2. The number of hydrogen-bond acceptors (Lipinski definition) is 5. The van der Waals surface area contributed by atoms with Gasteiger partial charge in [0.15, 0.2) is 0 Å². The Morgan fingerprint density at radius 1 is 0.960 bits per heavy atom. The SMILES string of the molecule is C1CCNCC1.O=c1[nH]c(C=Cc2ccccc2)c([N+](=O)[O-])c(=O)[nH]1. The molecule has 0 spiro atoms. The second-order valence-electron chi connectivity index (χ2n) is 5.48. The van der Waals surface area contributed by atoms with Crippen molar-refractivity contribution in [2.24, 2.45) is 0 Å². The van der Waals surface area contributed by atoms with Crippen LogP contribution in [0.15, 0.2) is 39.9 Å². The lowest BCUT2D eigenvalue weighted by Crippen LogP contribution is -2.25. The molecule has 0 bridgehead atoms. The highest BCUT2D eigenvalue weighted by Gasteiger charge is 2.18. The third-order valence-electron chi connectivity index (χ3n) is 3.58. The summed E-state index contributed by atoms with van der Waals surface area (Å²) < 4.78 is 0. The molecule has 1 aliphatic heterocycles. The van der Waals surface area contributed by atoms with Crippen LogP contribution >= 0.6 is 0 Å². The normalized spacial score (nSPS) is 13.9. The fraction of sp³-hybridized carbons (Fsp3) is 0.294. The minimum absolute atomic E-state index is 0.136. The first-order valence-electron chi connectivity index (χ1n) is 8.03. The Bertz CT molecular complexity index is 824. The molecule has 8 heteroatoms. The summed E-state index contributed by atoms with van der Waals surface area (Å²) in [4.78, 5) is 36.5. The van der Waals surface area contributed by atoms with Crippen LogP contribution in [-0.4, -0.2) is 28.0 Å². The minimum Gasteiger partial charge on any atom is -0.317 e. The molecule has 3 N–H and O–H groups in total. The van der Waals surface area contributed by atoms with Gasteiger partial charge in [-0.05, 0) is 37.6 Å². The first kappa shape index (κ1) is 18.3. The maximum Gasteiger partial charge on any atom is 0.357 e. The van der Waals surface area contributed by atoms with Crippen LogP contribution in [0.3, 0.4) is 0 Å². The van der Waals surface area contributed by atoms with E-state index in [1.54, 1.807) is 30.3 Å². The van der Waals surface area contributed by atoms with Gasteiger partial charge < -0.3 is 10.3 Å². The van der Waals surface area contributed by atoms with E-state index in [0.29, 0.717) is 0 Å². The fourth-order valence-electron chi connectivity index (χ4n) is 2.34. The minimum atomic E-state index is -1.03. The van der Waals surface area contributed by atoms with Crippen molar-refractivity contribution in [3.05, 3.63) is 72.5 Å². The number of nitrogens with one attached hydrogen (secondary N) is 3.